The van der Waals surface area contributed by atoms with Crippen LogP contribution in [-0.4, -0.2) is 65.1 Å². The molecule has 0 heterocycles. The Labute approximate surface area is 252 Å². The highest BCUT2D eigenvalue weighted by Gasteiger charge is 2.33. The number of rotatable bonds is 13. The Morgan fingerprint density at radius 3 is 2.14 bits per heavy atom. The van der Waals surface area contributed by atoms with Gasteiger partial charge in [-0.2, -0.15) is 0 Å². The molecule has 0 bridgehead atoms. The van der Waals surface area contributed by atoms with Crippen molar-refractivity contribution in [3.8, 4) is 17.2 Å². The number of nitrogens with zero attached hydrogens (tertiary/aromatic N) is 2. The lowest BCUT2D eigenvalue weighted by Crippen LogP contribution is -2.52. The topological polar surface area (TPSA) is 114 Å². The third-order valence-corrected chi connectivity index (χ3v) is 8.44. The number of benzene rings is 3. The van der Waals surface area contributed by atoms with Crippen LogP contribution in [0.1, 0.15) is 26.3 Å². The standard InChI is InChI=1S/C30H36ClN3O7S/c1-20(2)32-30(36)21(3)33(18-22-8-7-9-25(16-22)39-4)29(35)19-34(24-12-10-23(31)11-13-24)42(37,38)26-14-15-27(40-5)28(17-26)41-6/h7-17,20-21H,18-19H2,1-6H3,(H,32,36)/t21-/m0/s1. The molecule has 0 aliphatic heterocycles. The lowest BCUT2D eigenvalue weighted by Gasteiger charge is -2.32. The molecule has 1 N–H and O–H groups in total. The summed E-state index contributed by atoms with van der Waals surface area (Å²) in [5, 5.41) is 3.22. The van der Waals surface area contributed by atoms with Gasteiger partial charge in [-0.05, 0) is 74.9 Å². The Balaban J connectivity index is 2.07. The van der Waals surface area contributed by atoms with E-state index in [0.29, 0.717) is 22.1 Å². The van der Waals surface area contributed by atoms with Crippen LogP contribution in [0.2, 0.25) is 5.02 Å². The Morgan fingerprint density at radius 2 is 1.55 bits per heavy atom. The summed E-state index contributed by atoms with van der Waals surface area (Å²) in [6, 6.07) is 16.3. The smallest absolute Gasteiger partial charge is 0.264 e. The molecule has 0 spiro atoms. The first-order valence-electron chi connectivity index (χ1n) is 13.1. The summed E-state index contributed by atoms with van der Waals surface area (Å²) in [6.07, 6.45) is 0. The summed E-state index contributed by atoms with van der Waals surface area (Å²) >= 11 is 6.08. The molecule has 0 radical (unpaired) electrons. The predicted octanol–water partition coefficient (Wildman–Crippen LogP) is 4.50. The highest BCUT2D eigenvalue weighted by molar-refractivity contribution is 7.92. The van der Waals surface area contributed by atoms with E-state index in [4.69, 9.17) is 25.8 Å². The van der Waals surface area contributed by atoms with Crippen LogP contribution in [0.25, 0.3) is 0 Å². The van der Waals surface area contributed by atoms with Gasteiger partial charge in [0.25, 0.3) is 10.0 Å². The van der Waals surface area contributed by atoms with Gasteiger partial charge in [0.05, 0.1) is 31.9 Å². The van der Waals surface area contributed by atoms with E-state index in [1.807, 2.05) is 13.8 Å². The van der Waals surface area contributed by atoms with E-state index in [-0.39, 0.29) is 34.8 Å². The monoisotopic (exact) mass is 617 g/mol. The number of hydrogen-bond acceptors (Lipinski definition) is 7. The molecule has 1 atom stereocenters. The Bertz CT molecular complexity index is 1500. The lowest BCUT2D eigenvalue weighted by atomic mass is 10.1. The van der Waals surface area contributed by atoms with Crippen molar-refractivity contribution in [1.29, 1.82) is 0 Å². The fraction of sp³-hybridized carbons (Fsp3) is 0.333. The fourth-order valence-corrected chi connectivity index (χ4v) is 5.75. The number of ether oxygens (including phenoxy) is 3. The van der Waals surface area contributed by atoms with E-state index < -0.39 is 28.5 Å². The summed E-state index contributed by atoms with van der Waals surface area (Å²) in [7, 11) is 0.0568. The highest BCUT2D eigenvalue weighted by atomic mass is 35.5. The zero-order valence-corrected chi connectivity index (χ0v) is 26.0. The van der Waals surface area contributed by atoms with Crippen molar-refractivity contribution >= 4 is 39.1 Å². The molecule has 0 unspecified atom stereocenters. The van der Waals surface area contributed by atoms with Crippen molar-refractivity contribution in [2.45, 2.75) is 44.3 Å². The largest absolute Gasteiger partial charge is 0.497 e. The maximum absolute atomic E-state index is 14.1. The van der Waals surface area contributed by atoms with E-state index in [1.54, 1.807) is 31.2 Å². The second kappa shape index (κ2) is 14.3. The summed E-state index contributed by atoms with van der Waals surface area (Å²) in [5.74, 6) is 0.169. The number of anilines is 1. The number of methoxy groups -OCH3 is 3. The van der Waals surface area contributed by atoms with Crippen molar-refractivity contribution < 1.29 is 32.2 Å². The van der Waals surface area contributed by atoms with Gasteiger partial charge in [-0.15, -0.1) is 0 Å². The summed E-state index contributed by atoms with van der Waals surface area (Å²) < 4.78 is 45.0. The Kier molecular flexibility index (Phi) is 11.1. The minimum Gasteiger partial charge on any atom is -0.497 e. The normalized spacial score (nSPS) is 11.9. The van der Waals surface area contributed by atoms with Crippen LogP contribution >= 0.6 is 11.6 Å². The first-order chi connectivity index (χ1) is 19.9. The van der Waals surface area contributed by atoms with Crippen LogP contribution in [-0.2, 0) is 26.2 Å². The van der Waals surface area contributed by atoms with Crippen molar-refractivity contribution in [3.05, 3.63) is 77.3 Å². The van der Waals surface area contributed by atoms with Gasteiger partial charge in [0.15, 0.2) is 11.5 Å². The number of sulfonamides is 1. The van der Waals surface area contributed by atoms with E-state index in [2.05, 4.69) is 5.32 Å². The first-order valence-corrected chi connectivity index (χ1v) is 15.0. The van der Waals surface area contributed by atoms with Crippen molar-refractivity contribution in [2.75, 3.05) is 32.2 Å². The van der Waals surface area contributed by atoms with Gasteiger partial charge < -0.3 is 24.4 Å². The number of nitrogens with one attached hydrogen (secondary N) is 1. The summed E-state index contributed by atoms with van der Waals surface area (Å²) in [5.41, 5.74) is 0.913. The van der Waals surface area contributed by atoms with Crippen LogP contribution in [0, 0.1) is 0 Å². The summed E-state index contributed by atoms with van der Waals surface area (Å²) in [6.45, 7) is 4.67. The van der Waals surface area contributed by atoms with E-state index in [9.17, 15) is 18.0 Å². The molecule has 3 rings (SSSR count). The molecule has 0 saturated carbocycles. The Hall–Kier alpha value is -3.96. The maximum atomic E-state index is 14.1. The molecule has 10 nitrogen and oxygen atoms in total. The number of amides is 2. The quantitative estimate of drug-likeness (QED) is 0.300. The zero-order chi connectivity index (χ0) is 31.0. The molecule has 0 aromatic heterocycles. The van der Waals surface area contributed by atoms with E-state index in [1.165, 1.54) is 68.7 Å². The number of halogens is 1. The molecule has 226 valence electrons. The average Bonchev–Trinajstić information content (AvgIpc) is 2.97. The minimum absolute atomic E-state index is 0.0353. The Morgan fingerprint density at radius 1 is 0.881 bits per heavy atom. The molecular weight excluding hydrogens is 582 g/mol. The first kappa shape index (κ1) is 32.6. The van der Waals surface area contributed by atoms with Crippen LogP contribution in [0.5, 0.6) is 17.2 Å². The van der Waals surface area contributed by atoms with Gasteiger partial charge >= 0.3 is 0 Å². The second-order valence-corrected chi connectivity index (χ2v) is 12.0. The lowest BCUT2D eigenvalue weighted by molar-refractivity contribution is -0.139. The predicted molar refractivity (Wildman–Crippen MR) is 162 cm³/mol. The zero-order valence-electron chi connectivity index (χ0n) is 24.5. The molecule has 12 heteroatoms. The average molecular weight is 618 g/mol. The van der Waals surface area contributed by atoms with Crippen molar-refractivity contribution in [2.24, 2.45) is 0 Å². The van der Waals surface area contributed by atoms with Crippen molar-refractivity contribution in [1.82, 2.24) is 10.2 Å². The maximum Gasteiger partial charge on any atom is 0.264 e. The highest BCUT2D eigenvalue weighted by Crippen LogP contribution is 2.32. The molecule has 0 aliphatic rings. The van der Waals surface area contributed by atoms with Crippen LogP contribution in [0.3, 0.4) is 0 Å². The number of carbonyl (C=O) groups excluding carboxylic acids is 2. The molecule has 0 fully saturated rings. The van der Waals surface area contributed by atoms with Gasteiger partial charge in [-0.3, -0.25) is 13.9 Å². The van der Waals surface area contributed by atoms with Gasteiger partial charge in [0, 0.05) is 23.7 Å². The number of hydrogen-bond donors (Lipinski definition) is 1. The molecule has 42 heavy (non-hydrogen) atoms. The van der Waals surface area contributed by atoms with Gasteiger partial charge in [0.2, 0.25) is 11.8 Å². The molecule has 3 aromatic rings. The number of carbonyl (C=O) groups is 2. The fourth-order valence-electron chi connectivity index (χ4n) is 4.20. The van der Waals surface area contributed by atoms with Crippen LogP contribution < -0.4 is 23.8 Å². The summed E-state index contributed by atoms with van der Waals surface area (Å²) in [4.78, 5) is 28.3. The van der Waals surface area contributed by atoms with E-state index in [0.717, 1.165) is 4.31 Å². The molecule has 0 aliphatic carbocycles. The minimum atomic E-state index is -4.31. The molecular formula is C30H36ClN3O7S. The van der Waals surface area contributed by atoms with Crippen LogP contribution in [0.15, 0.2) is 71.6 Å². The van der Waals surface area contributed by atoms with E-state index >= 15 is 0 Å². The molecule has 0 saturated heterocycles. The van der Waals surface area contributed by atoms with Crippen LogP contribution in [0.4, 0.5) is 5.69 Å². The third-order valence-electron chi connectivity index (χ3n) is 6.42. The molecule has 3 aromatic carbocycles. The van der Waals surface area contributed by atoms with Crippen molar-refractivity contribution in [3.63, 3.8) is 0 Å². The van der Waals surface area contributed by atoms with Gasteiger partial charge in [-0.1, -0.05) is 23.7 Å². The van der Waals surface area contributed by atoms with Gasteiger partial charge in [-0.25, -0.2) is 8.42 Å². The second-order valence-electron chi connectivity index (χ2n) is 9.72. The van der Waals surface area contributed by atoms with Gasteiger partial charge in [0.1, 0.15) is 18.3 Å². The SMILES string of the molecule is COc1cccc(CN(C(=O)CN(c2ccc(Cl)cc2)S(=O)(=O)c2ccc(OC)c(OC)c2)[C@@H](C)C(=O)NC(C)C)c1. The molecule has 2 amide bonds. The third kappa shape index (κ3) is 7.86.